The lowest BCUT2D eigenvalue weighted by Crippen LogP contribution is -2.51. The zero-order valence-electron chi connectivity index (χ0n) is 24.2. The molecule has 2 N–H and O–H groups in total. The summed E-state index contributed by atoms with van der Waals surface area (Å²) in [7, 11) is 1.71. The Kier molecular flexibility index (Phi) is 7.41. The first-order valence-corrected chi connectivity index (χ1v) is 15.2. The Hall–Kier alpha value is -3.22. The highest BCUT2D eigenvalue weighted by atomic mass is 16.5. The molecule has 7 rings (SSSR count). The number of para-hydroxylation sites is 2. The number of hydrogen-bond acceptors (Lipinski definition) is 5. The van der Waals surface area contributed by atoms with Gasteiger partial charge in [-0.1, -0.05) is 26.0 Å². The molecule has 4 saturated carbocycles. The number of anilines is 3. The van der Waals surface area contributed by atoms with E-state index >= 15 is 0 Å². The summed E-state index contributed by atoms with van der Waals surface area (Å²) >= 11 is 0. The van der Waals surface area contributed by atoms with Crippen LogP contribution in [-0.2, 0) is 4.79 Å². The fraction of sp³-hybridized carbons (Fsp3) is 0.576. The van der Waals surface area contributed by atoms with Crippen molar-refractivity contribution in [3.05, 3.63) is 48.0 Å². The Labute approximate surface area is 238 Å². The van der Waals surface area contributed by atoms with Crippen LogP contribution in [0.3, 0.4) is 0 Å². The molecule has 0 atom stereocenters. The van der Waals surface area contributed by atoms with Crippen molar-refractivity contribution in [2.75, 3.05) is 55.0 Å². The molecular formula is C33H44N4O3. The molecule has 2 amide bonds. The highest BCUT2D eigenvalue weighted by molar-refractivity contribution is 6.03. The molecule has 0 unspecified atom stereocenters. The Balaban J connectivity index is 1.20. The van der Waals surface area contributed by atoms with E-state index in [9.17, 15) is 9.59 Å². The maximum Gasteiger partial charge on any atom is 0.253 e. The number of methoxy groups -OCH3 is 1. The molecule has 0 spiro atoms. The van der Waals surface area contributed by atoms with Gasteiger partial charge in [0.15, 0.2) is 0 Å². The molecule has 7 nitrogen and oxygen atoms in total. The third-order valence-corrected chi connectivity index (χ3v) is 9.74. The van der Waals surface area contributed by atoms with Crippen LogP contribution in [0.15, 0.2) is 42.5 Å². The van der Waals surface area contributed by atoms with E-state index in [0.29, 0.717) is 35.8 Å². The summed E-state index contributed by atoms with van der Waals surface area (Å²) in [4.78, 5) is 31.8. The number of carbonyl (C=O) groups is 2. The fourth-order valence-corrected chi connectivity index (χ4v) is 8.20. The molecule has 1 saturated heterocycles. The van der Waals surface area contributed by atoms with Crippen molar-refractivity contribution in [1.29, 1.82) is 0 Å². The maximum atomic E-state index is 13.7. The topological polar surface area (TPSA) is 73.9 Å². The number of hydrogen-bond donors (Lipinski definition) is 2. The average molecular weight is 545 g/mol. The lowest BCUT2D eigenvalue weighted by Gasteiger charge is -2.55. The number of carbonyl (C=O) groups excluding carboxylic acids is 2. The molecule has 1 aliphatic heterocycles. The standard InChI is InChI=1S/C33H44N4O3/c1-22(2)21-34-31(38)27-17-26(35-32(39)33-18-23-14-24(19-33)16-25(15-23)20-33)8-9-28(27)36-10-12-37(13-11-36)29-6-4-5-7-30(29)40-3/h4-9,17,22-25H,10-16,18-21H2,1-3H3,(H,34,38)(H,35,39). The van der Waals surface area contributed by atoms with E-state index in [1.807, 2.05) is 36.4 Å². The quantitative estimate of drug-likeness (QED) is 0.455. The van der Waals surface area contributed by atoms with E-state index in [4.69, 9.17) is 4.74 Å². The lowest BCUT2D eigenvalue weighted by atomic mass is 9.49. The minimum absolute atomic E-state index is 0.0817. The van der Waals surface area contributed by atoms with Crippen LogP contribution < -0.4 is 25.2 Å². The van der Waals surface area contributed by atoms with Crippen molar-refractivity contribution in [3.8, 4) is 5.75 Å². The molecule has 2 aromatic rings. The first-order chi connectivity index (χ1) is 19.3. The second-order valence-corrected chi connectivity index (χ2v) is 13.1. The van der Waals surface area contributed by atoms with E-state index in [0.717, 1.165) is 68.3 Å². The van der Waals surface area contributed by atoms with Gasteiger partial charge in [-0.15, -0.1) is 0 Å². The molecule has 5 fully saturated rings. The third-order valence-electron chi connectivity index (χ3n) is 9.74. The highest BCUT2D eigenvalue weighted by Gasteiger charge is 2.54. The van der Waals surface area contributed by atoms with Crippen molar-refractivity contribution in [2.24, 2.45) is 29.1 Å². The van der Waals surface area contributed by atoms with Crippen LogP contribution in [0, 0.1) is 29.1 Å². The predicted molar refractivity (Wildman–Crippen MR) is 160 cm³/mol. The Bertz CT molecular complexity index is 1210. The number of nitrogens with zero attached hydrogens (tertiary/aromatic N) is 2. The average Bonchev–Trinajstić information content (AvgIpc) is 2.95. The van der Waals surface area contributed by atoms with Gasteiger partial charge >= 0.3 is 0 Å². The van der Waals surface area contributed by atoms with Gasteiger partial charge in [0.1, 0.15) is 5.75 Å². The fourth-order valence-electron chi connectivity index (χ4n) is 8.20. The van der Waals surface area contributed by atoms with Crippen LogP contribution in [0.5, 0.6) is 5.75 Å². The summed E-state index contributed by atoms with van der Waals surface area (Å²) in [6, 6.07) is 14.0. The lowest BCUT2D eigenvalue weighted by molar-refractivity contribution is -0.140. The van der Waals surface area contributed by atoms with Gasteiger partial charge in [0.2, 0.25) is 5.91 Å². The molecule has 2 aromatic carbocycles. The summed E-state index contributed by atoms with van der Waals surface area (Å²) in [5, 5.41) is 6.38. The Morgan fingerprint density at radius 1 is 0.900 bits per heavy atom. The van der Waals surface area contributed by atoms with E-state index in [1.165, 1.54) is 19.3 Å². The maximum absolute atomic E-state index is 13.7. The summed E-state index contributed by atoms with van der Waals surface area (Å²) in [5.74, 6) is 3.46. The van der Waals surface area contributed by atoms with Gasteiger partial charge < -0.3 is 25.2 Å². The van der Waals surface area contributed by atoms with Crippen LogP contribution >= 0.6 is 0 Å². The van der Waals surface area contributed by atoms with Crippen molar-refractivity contribution in [3.63, 3.8) is 0 Å². The first kappa shape index (κ1) is 27.0. The van der Waals surface area contributed by atoms with Gasteiger partial charge in [0.05, 0.1) is 23.8 Å². The Morgan fingerprint density at radius 2 is 1.50 bits per heavy atom. The number of amides is 2. The van der Waals surface area contributed by atoms with Gasteiger partial charge in [-0.2, -0.15) is 0 Å². The van der Waals surface area contributed by atoms with Gasteiger partial charge in [0, 0.05) is 44.1 Å². The smallest absolute Gasteiger partial charge is 0.253 e. The molecule has 0 aromatic heterocycles. The van der Waals surface area contributed by atoms with Crippen LogP contribution in [-0.4, -0.2) is 51.6 Å². The van der Waals surface area contributed by atoms with Crippen LogP contribution in [0.1, 0.15) is 62.7 Å². The van der Waals surface area contributed by atoms with E-state index in [2.05, 4.69) is 40.3 Å². The van der Waals surface area contributed by atoms with Crippen molar-refractivity contribution >= 4 is 28.9 Å². The SMILES string of the molecule is COc1ccccc1N1CCN(c2ccc(NC(=O)C34CC5CC(CC(C5)C3)C4)cc2C(=O)NCC(C)C)CC1. The minimum Gasteiger partial charge on any atom is -0.495 e. The minimum atomic E-state index is -0.220. The number of rotatable bonds is 8. The van der Waals surface area contributed by atoms with Gasteiger partial charge in [0.25, 0.3) is 5.91 Å². The molecule has 4 aliphatic carbocycles. The summed E-state index contributed by atoms with van der Waals surface area (Å²) in [6.07, 6.45) is 7.02. The molecule has 7 heteroatoms. The van der Waals surface area contributed by atoms with Crippen molar-refractivity contribution < 1.29 is 14.3 Å². The first-order valence-electron chi connectivity index (χ1n) is 15.2. The second kappa shape index (κ2) is 11.0. The molecule has 1 heterocycles. The molecule has 4 bridgehead atoms. The molecule has 40 heavy (non-hydrogen) atoms. The summed E-state index contributed by atoms with van der Waals surface area (Å²) < 4.78 is 5.59. The van der Waals surface area contributed by atoms with E-state index in [-0.39, 0.29) is 17.2 Å². The molecular weight excluding hydrogens is 500 g/mol. The largest absolute Gasteiger partial charge is 0.495 e. The zero-order valence-corrected chi connectivity index (χ0v) is 24.2. The van der Waals surface area contributed by atoms with Crippen molar-refractivity contribution in [1.82, 2.24) is 5.32 Å². The normalized spacial score (nSPS) is 27.1. The van der Waals surface area contributed by atoms with E-state index in [1.54, 1.807) is 7.11 Å². The molecule has 214 valence electrons. The zero-order chi connectivity index (χ0) is 27.9. The van der Waals surface area contributed by atoms with Gasteiger partial charge in [-0.05, 0) is 92.5 Å². The molecule has 5 aliphatic rings. The predicted octanol–water partition coefficient (Wildman–Crippen LogP) is 5.56. The summed E-state index contributed by atoms with van der Waals surface area (Å²) in [6.45, 7) is 8.06. The monoisotopic (exact) mass is 544 g/mol. The second-order valence-electron chi connectivity index (χ2n) is 13.1. The van der Waals surface area contributed by atoms with E-state index < -0.39 is 0 Å². The van der Waals surface area contributed by atoms with Crippen LogP contribution in [0.2, 0.25) is 0 Å². The number of ether oxygens (including phenoxy) is 1. The summed E-state index contributed by atoms with van der Waals surface area (Å²) in [5.41, 5.74) is 3.17. The Morgan fingerprint density at radius 3 is 2.10 bits per heavy atom. The number of piperazine rings is 1. The van der Waals surface area contributed by atoms with Crippen LogP contribution in [0.4, 0.5) is 17.1 Å². The van der Waals surface area contributed by atoms with Crippen molar-refractivity contribution in [2.45, 2.75) is 52.4 Å². The number of nitrogens with one attached hydrogen (secondary N) is 2. The molecule has 0 radical (unpaired) electrons. The third kappa shape index (κ3) is 5.27. The van der Waals surface area contributed by atoms with Gasteiger partial charge in [-0.25, -0.2) is 0 Å². The van der Waals surface area contributed by atoms with Crippen LogP contribution in [0.25, 0.3) is 0 Å². The highest BCUT2D eigenvalue weighted by Crippen LogP contribution is 2.60. The number of benzene rings is 2. The van der Waals surface area contributed by atoms with Gasteiger partial charge in [-0.3, -0.25) is 9.59 Å².